The van der Waals surface area contributed by atoms with E-state index in [1.807, 2.05) is 20.8 Å². The first-order valence-corrected chi connectivity index (χ1v) is 6.68. The van der Waals surface area contributed by atoms with E-state index in [2.05, 4.69) is 15.3 Å². The lowest BCUT2D eigenvalue weighted by Gasteiger charge is -2.13. The largest absolute Gasteiger partial charge is 0.505 e. The topological polar surface area (TPSA) is 75.1 Å². The monoisotopic (exact) mass is 277 g/mol. The molecular formula is C13H15N3O2S. The minimum Gasteiger partial charge on any atom is -0.505 e. The second kappa shape index (κ2) is 5.36. The summed E-state index contributed by atoms with van der Waals surface area (Å²) in [4.78, 5) is 21.2. The molecule has 0 radical (unpaired) electrons. The van der Waals surface area contributed by atoms with Gasteiger partial charge in [0.05, 0.1) is 28.5 Å². The number of aryl methyl sites for hydroxylation is 2. The van der Waals surface area contributed by atoms with E-state index in [0.717, 1.165) is 15.6 Å². The van der Waals surface area contributed by atoms with Gasteiger partial charge in [-0.05, 0) is 26.8 Å². The van der Waals surface area contributed by atoms with Gasteiger partial charge in [-0.25, -0.2) is 4.98 Å². The minimum absolute atomic E-state index is 0.121. The van der Waals surface area contributed by atoms with E-state index in [1.54, 1.807) is 11.3 Å². The highest BCUT2D eigenvalue weighted by Crippen LogP contribution is 2.25. The quantitative estimate of drug-likeness (QED) is 0.903. The van der Waals surface area contributed by atoms with Gasteiger partial charge in [-0.15, -0.1) is 11.3 Å². The van der Waals surface area contributed by atoms with Gasteiger partial charge >= 0.3 is 0 Å². The molecule has 0 spiro atoms. The molecule has 0 saturated carbocycles. The first-order valence-electron chi connectivity index (χ1n) is 5.86. The predicted molar refractivity (Wildman–Crippen MR) is 73.4 cm³/mol. The van der Waals surface area contributed by atoms with Crippen molar-refractivity contribution in [3.8, 4) is 5.75 Å². The molecule has 0 aliphatic carbocycles. The Bertz CT molecular complexity index is 610. The van der Waals surface area contributed by atoms with Crippen LogP contribution >= 0.6 is 11.3 Å². The Morgan fingerprint density at radius 1 is 1.47 bits per heavy atom. The van der Waals surface area contributed by atoms with Gasteiger partial charge < -0.3 is 10.4 Å². The van der Waals surface area contributed by atoms with Crippen molar-refractivity contribution < 1.29 is 9.90 Å². The molecular weight excluding hydrogens is 262 g/mol. The summed E-state index contributed by atoms with van der Waals surface area (Å²) in [5, 5.41) is 13.4. The van der Waals surface area contributed by atoms with E-state index in [9.17, 15) is 9.90 Å². The number of amides is 1. The summed E-state index contributed by atoms with van der Waals surface area (Å²) in [6, 6.07) is 1.34. The Hall–Kier alpha value is -1.95. The van der Waals surface area contributed by atoms with E-state index >= 15 is 0 Å². The number of carbonyl (C=O) groups excluding carboxylic acids is 1. The van der Waals surface area contributed by atoms with Crippen LogP contribution in [0.3, 0.4) is 0 Å². The first kappa shape index (κ1) is 13.5. The molecule has 0 aromatic carbocycles. The Labute approximate surface area is 115 Å². The molecule has 2 heterocycles. The maximum Gasteiger partial charge on any atom is 0.255 e. The first-order chi connectivity index (χ1) is 8.99. The van der Waals surface area contributed by atoms with Gasteiger partial charge in [0, 0.05) is 11.1 Å². The Morgan fingerprint density at radius 2 is 2.21 bits per heavy atom. The molecule has 2 aromatic rings. The number of hydrogen-bond acceptors (Lipinski definition) is 5. The fourth-order valence-corrected chi connectivity index (χ4v) is 2.80. The highest BCUT2D eigenvalue weighted by atomic mass is 32.1. The van der Waals surface area contributed by atoms with E-state index in [-0.39, 0.29) is 23.3 Å². The van der Waals surface area contributed by atoms with Crippen LogP contribution in [0.15, 0.2) is 18.5 Å². The maximum absolute atomic E-state index is 12.1. The van der Waals surface area contributed by atoms with Crippen molar-refractivity contribution in [2.24, 2.45) is 0 Å². The highest BCUT2D eigenvalue weighted by molar-refractivity contribution is 7.11. The van der Waals surface area contributed by atoms with Crippen LogP contribution in [0.4, 0.5) is 0 Å². The maximum atomic E-state index is 12.1. The van der Waals surface area contributed by atoms with Crippen LogP contribution in [-0.4, -0.2) is 21.0 Å². The number of rotatable bonds is 3. The van der Waals surface area contributed by atoms with Crippen molar-refractivity contribution in [3.63, 3.8) is 0 Å². The fraction of sp³-hybridized carbons (Fsp3) is 0.308. The van der Waals surface area contributed by atoms with Crippen LogP contribution in [0.2, 0.25) is 0 Å². The Morgan fingerprint density at radius 3 is 2.79 bits per heavy atom. The average Bonchev–Trinajstić information content (AvgIpc) is 2.69. The summed E-state index contributed by atoms with van der Waals surface area (Å²) in [6.07, 6.45) is 2.73. The smallest absolute Gasteiger partial charge is 0.255 e. The van der Waals surface area contributed by atoms with E-state index in [1.165, 1.54) is 18.5 Å². The number of aromatic nitrogens is 2. The summed E-state index contributed by atoms with van der Waals surface area (Å²) in [5.74, 6) is -0.442. The number of carbonyl (C=O) groups is 1. The molecule has 19 heavy (non-hydrogen) atoms. The fourth-order valence-electron chi connectivity index (χ4n) is 1.87. The summed E-state index contributed by atoms with van der Waals surface area (Å²) in [6.45, 7) is 5.76. The van der Waals surface area contributed by atoms with Gasteiger partial charge in [-0.3, -0.25) is 9.78 Å². The number of pyridine rings is 1. The van der Waals surface area contributed by atoms with Crippen LogP contribution in [0.1, 0.15) is 38.9 Å². The second-order valence-electron chi connectivity index (χ2n) is 4.27. The lowest BCUT2D eigenvalue weighted by molar-refractivity contribution is 0.0937. The standard InChI is InChI=1S/C13H15N3O2S/c1-7-12(19-9(3)15-7)8(2)16-13(18)10-4-5-14-6-11(10)17/h4-6,8,17H,1-3H3,(H,16,18). The second-order valence-corrected chi connectivity index (χ2v) is 5.51. The van der Waals surface area contributed by atoms with E-state index < -0.39 is 0 Å². The van der Waals surface area contributed by atoms with Gasteiger partial charge in [0.1, 0.15) is 5.75 Å². The predicted octanol–water partition coefficient (Wildman–Crippen LogP) is 2.35. The molecule has 100 valence electrons. The van der Waals surface area contributed by atoms with Crippen molar-refractivity contribution in [2.45, 2.75) is 26.8 Å². The molecule has 6 heteroatoms. The third-order valence-corrected chi connectivity index (χ3v) is 3.98. The van der Waals surface area contributed by atoms with Crippen molar-refractivity contribution >= 4 is 17.2 Å². The lowest BCUT2D eigenvalue weighted by Crippen LogP contribution is -2.26. The number of hydrogen-bond donors (Lipinski definition) is 2. The van der Waals surface area contributed by atoms with E-state index in [0.29, 0.717) is 0 Å². The van der Waals surface area contributed by atoms with Gasteiger partial charge in [0.25, 0.3) is 5.91 Å². The molecule has 0 aliphatic rings. The Balaban J connectivity index is 2.15. The molecule has 1 amide bonds. The third-order valence-electron chi connectivity index (χ3n) is 2.72. The average molecular weight is 277 g/mol. The molecule has 2 rings (SSSR count). The number of nitrogens with one attached hydrogen (secondary N) is 1. The summed E-state index contributed by atoms with van der Waals surface area (Å²) < 4.78 is 0. The number of thiazole rings is 1. The van der Waals surface area contributed by atoms with Gasteiger partial charge in [0.2, 0.25) is 0 Å². The van der Waals surface area contributed by atoms with Gasteiger partial charge in [0.15, 0.2) is 0 Å². The molecule has 5 nitrogen and oxygen atoms in total. The zero-order valence-corrected chi connectivity index (χ0v) is 11.8. The zero-order chi connectivity index (χ0) is 14.0. The Kier molecular flexibility index (Phi) is 3.80. The molecule has 1 unspecified atom stereocenters. The minimum atomic E-state index is -0.321. The summed E-state index contributed by atoms with van der Waals surface area (Å²) in [5.41, 5.74) is 1.15. The van der Waals surface area contributed by atoms with Crippen molar-refractivity contribution in [3.05, 3.63) is 39.6 Å². The molecule has 0 bridgehead atoms. The number of aromatic hydroxyl groups is 1. The molecule has 0 aliphatic heterocycles. The van der Waals surface area contributed by atoms with Crippen LogP contribution < -0.4 is 5.32 Å². The molecule has 2 N–H and O–H groups in total. The summed E-state index contributed by atoms with van der Waals surface area (Å²) >= 11 is 1.56. The van der Waals surface area contributed by atoms with Crippen LogP contribution in [0, 0.1) is 13.8 Å². The van der Waals surface area contributed by atoms with Crippen molar-refractivity contribution in [2.75, 3.05) is 0 Å². The van der Waals surface area contributed by atoms with Crippen LogP contribution in [0.25, 0.3) is 0 Å². The summed E-state index contributed by atoms with van der Waals surface area (Å²) in [7, 11) is 0. The molecule has 0 fully saturated rings. The van der Waals surface area contributed by atoms with Crippen LogP contribution in [-0.2, 0) is 0 Å². The highest BCUT2D eigenvalue weighted by Gasteiger charge is 2.18. The van der Waals surface area contributed by atoms with Crippen molar-refractivity contribution in [1.82, 2.24) is 15.3 Å². The van der Waals surface area contributed by atoms with Crippen LogP contribution in [0.5, 0.6) is 5.75 Å². The molecule has 2 aromatic heterocycles. The third kappa shape index (κ3) is 2.90. The van der Waals surface area contributed by atoms with Gasteiger partial charge in [-0.1, -0.05) is 0 Å². The normalized spacial score (nSPS) is 12.2. The lowest BCUT2D eigenvalue weighted by atomic mass is 10.2. The molecule has 0 saturated heterocycles. The van der Waals surface area contributed by atoms with Crippen molar-refractivity contribution in [1.29, 1.82) is 0 Å². The molecule has 1 atom stereocenters. The SMILES string of the molecule is Cc1nc(C)c(C(C)NC(=O)c2ccncc2O)s1. The zero-order valence-electron chi connectivity index (χ0n) is 11.0. The van der Waals surface area contributed by atoms with E-state index in [4.69, 9.17) is 0 Å². The number of nitrogens with zero attached hydrogens (tertiary/aromatic N) is 2. The van der Waals surface area contributed by atoms with Gasteiger partial charge in [-0.2, -0.15) is 0 Å².